The summed E-state index contributed by atoms with van der Waals surface area (Å²) in [7, 11) is -3.94. The van der Waals surface area contributed by atoms with Crippen LogP contribution in [0.5, 0.6) is 0 Å². The van der Waals surface area contributed by atoms with Gasteiger partial charge in [-0.2, -0.15) is 0 Å². The number of carbonyl (C=O) groups is 2. The molecule has 0 saturated carbocycles. The maximum atomic E-state index is 12.7. The van der Waals surface area contributed by atoms with E-state index in [9.17, 15) is 18.0 Å². The fourth-order valence-electron chi connectivity index (χ4n) is 3.12. The number of anilines is 1. The standard InChI is InChI=1S/C24H18ClN3O4S/c25-20-10-12-21(13-11-20)28-33(31,32)22-7-3-6-18(15-22)23(29)26-27-24(30)19-9-8-16-4-1-2-5-17(16)14-19/h1-15,28H,(H,26,29)(H,27,30). The van der Waals surface area contributed by atoms with Gasteiger partial charge in [0.15, 0.2) is 0 Å². The molecule has 33 heavy (non-hydrogen) atoms. The fraction of sp³-hybridized carbons (Fsp3) is 0. The SMILES string of the molecule is O=C(NNC(=O)c1ccc2ccccc2c1)c1cccc(S(=O)(=O)Nc2ccc(Cl)cc2)c1. The molecular weight excluding hydrogens is 462 g/mol. The molecule has 0 fully saturated rings. The molecule has 3 N–H and O–H groups in total. The van der Waals surface area contributed by atoms with Crippen molar-refractivity contribution < 1.29 is 18.0 Å². The first kappa shape index (κ1) is 22.3. The second-order valence-corrected chi connectivity index (χ2v) is 9.23. The van der Waals surface area contributed by atoms with Crippen LogP contribution < -0.4 is 15.6 Å². The molecule has 166 valence electrons. The number of nitrogens with one attached hydrogen (secondary N) is 3. The Morgan fingerprint density at radius 2 is 1.30 bits per heavy atom. The van der Waals surface area contributed by atoms with Gasteiger partial charge in [-0.05, 0) is 65.4 Å². The quantitative estimate of drug-likeness (QED) is 0.370. The summed E-state index contributed by atoms with van der Waals surface area (Å²) in [5.74, 6) is -1.16. The smallest absolute Gasteiger partial charge is 0.269 e. The van der Waals surface area contributed by atoms with Crippen LogP contribution in [0.25, 0.3) is 10.8 Å². The predicted octanol–water partition coefficient (Wildman–Crippen LogP) is 4.37. The molecule has 4 rings (SSSR count). The van der Waals surface area contributed by atoms with Crippen LogP contribution in [0.1, 0.15) is 20.7 Å². The monoisotopic (exact) mass is 479 g/mol. The van der Waals surface area contributed by atoms with Gasteiger partial charge in [-0.25, -0.2) is 8.42 Å². The fourth-order valence-corrected chi connectivity index (χ4v) is 4.35. The minimum Gasteiger partial charge on any atom is -0.280 e. The molecule has 0 saturated heterocycles. The Morgan fingerprint density at radius 3 is 2.00 bits per heavy atom. The minimum absolute atomic E-state index is 0.0628. The number of amides is 2. The van der Waals surface area contributed by atoms with Crippen LogP contribution in [0.4, 0.5) is 5.69 Å². The molecule has 4 aromatic carbocycles. The van der Waals surface area contributed by atoms with Crippen molar-refractivity contribution in [1.29, 1.82) is 0 Å². The van der Waals surface area contributed by atoms with Gasteiger partial charge in [-0.3, -0.25) is 25.2 Å². The molecule has 0 heterocycles. The lowest BCUT2D eigenvalue weighted by atomic mass is 10.1. The van der Waals surface area contributed by atoms with Gasteiger partial charge in [0, 0.05) is 21.8 Å². The lowest BCUT2D eigenvalue weighted by Gasteiger charge is -2.11. The molecule has 0 bridgehead atoms. The summed E-state index contributed by atoms with van der Waals surface area (Å²) in [6.45, 7) is 0. The summed E-state index contributed by atoms with van der Waals surface area (Å²) in [5, 5.41) is 2.35. The third-order valence-electron chi connectivity index (χ3n) is 4.80. The van der Waals surface area contributed by atoms with E-state index in [-0.39, 0.29) is 10.5 Å². The summed E-state index contributed by atoms with van der Waals surface area (Å²) >= 11 is 5.82. The third-order valence-corrected chi connectivity index (χ3v) is 6.44. The molecule has 4 aromatic rings. The molecule has 0 atom stereocenters. The topological polar surface area (TPSA) is 104 Å². The highest BCUT2D eigenvalue weighted by molar-refractivity contribution is 7.92. The van der Waals surface area contributed by atoms with Crippen molar-refractivity contribution in [3.63, 3.8) is 0 Å². The van der Waals surface area contributed by atoms with Crippen molar-refractivity contribution in [2.75, 3.05) is 4.72 Å². The van der Waals surface area contributed by atoms with Crippen molar-refractivity contribution in [3.05, 3.63) is 107 Å². The molecule has 0 aliphatic heterocycles. The molecule has 2 amide bonds. The summed E-state index contributed by atoms with van der Waals surface area (Å²) < 4.78 is 27.8. The van der Waals surface area contributed by atoms with Gasteiger partial charge in [0.05, 0.1) is 4.90 Å². The number of hydrogen-bond donors (Lipinski definition) is 3. The maximum Gasteiger partial charge on any atom is 0.269 e. The molecule has 0 aliphatic carbocycles. The van der Waals surface area contributed by atoms with Gasteiger partial charge < -0.3 is 0 Å². The number of rotatable bonds is 5. The van der Waals surface area contributed by atoms with Crippen molar-refractivity contribution in [2.24, 2.45) is 0 Å². The number of hydrazine groups is 1. The van der Waals surface area contributed by atoms with Crippen LogP contribution in [0.15, 0.2) is 95.9 Å². The largest absolute Gasteiger partial charge is 0.280 e. The predicted molar refractivity (Wildman–Crippen MR) is 128 cm³/mol. The summed E-state index contributed by atoms with van der Waals surface area (Å²) in [5.41, 5.74) is 5.43. The van der Waals surface area contributed by atoms with Crippen molar-refractivity contribution in [2.45, 2.75) is 4.90 Å². The number of fused-ring (bicyclic) bond motifs is 1. The normalized spacial score (nSPS) is 11.1. The minimum atomic E-state index is -3.94. The van der Waals surface area contributed by atoms with Crippen LogP contribution in [0, 0.1) is 0 Å². The van der Waals surface area contributed by atoms with Gasteiger partial charge in [-0.15, -0.1) is 0 Å². The highest BCUT2D eigenvalue weighted by Gasteiger charge is 2.17. The van der Waals surface area contributed by atoms with Crippen LogP contribution in [0.2, 0.25) is 5.02 Å². The highest BCUT2D eigenvalue weighted by Crippen LogP contribution is 2.19. The first-order valence-corrected chi connectivity index (χ1v) is 11.7. The molecule has 0 aliphatic rings. The van der Waals surface area contributed by atoms with Crippen molar-refractivity contribution in [1.82, 2.24) is 10.9 Å². The zero-order valence-electron chi connectivity index (χ0n) is 17.1. The van der Waals surface area contributed by atoms with E-state index in [1.807, 2.05) is 30.3 Å². The number of halogens is 1. The van der Waals surface area contributed by atoms with Crippen LogP contribution >= 0.6 is 11.6 Å². The van der Waals surface area contributed by atoms with E-state index >= 15 is 0 Å². The Hall–Kier alpha value is -3.88. The number of carbonyl (C=O) groups excluding carboxylic acids is 2. The van der Waals surface area contributed by atoms with E-state index in [0.717, 1.165) is 10.8 Å². The molecule has 0 unspecified atom stereocenters. The van der Waals surface area contributed by atoms with Crippen molar-refractivity contribution >= 4 is 49.9 Å². The second-order valence-electron chi connectivity index (χ2n) is 7.11. The van der Waals surface area contributed by atoms with E-state index in [1.165, 1.54) is 36.4 Å². The van der Waals surface area contributed by atoms with E-state index in [4.69, 9.17) is 11.6 Å². The maximum absolute atomic E-state index is 12.7. The first-order valence-electron chi connectivity index (χ1n) is 9.80. The molecule has 0 spiro atoms. The summed E-state index contributed by atoms with van der Waals surface area (Å²) in [4.78, 5) is 24.8. The first-order chi connectivity index (χ1) is 15.8. The van der Waals surface area contributed by atoms with Gasteiger partial charge in [0.2, 0.25) is 0 Å². The average Bonchev–Trinajstić information content (AvgIpc) is 2.83. The number of hydrogen-bond acceptors (Lipinski definition) is 4. The average molecular weight is 480 g/mol. The molecular formula is C24H18ClN3O4S. The van der Waals surface area contributed by atoms with Gasteiger partial charge in [0.1, 0.15) is 0 Å². The van der Waals surface area contributed by atoms with Crippen LogP contribution in [-0.4, -0.2) is 20.2 Å². The van der Waals surface area contributed by atoms with Crippen LogP contribution in [-0.2, 0) is 10.0 Å². The van der Waals surface area contributed by atoms with Gasteiger partial charge in [-0.1, -0.05) is 48.0 Å². The number of sulfonamides is 1. The second kappa shape index (κ2) is 9.32. The van der Waals surface area contributed by atoms with E-state index in [0.29, 0.717) is 16.3 Å². The lowest BCUT2D eigenvalue weighted by Crippen LogP contribution is -2.41. The lowest BCUT2D eigenvalue weighted by molar-refractivity contribution is 0.0846. The summed E-state index contributed by atoms with van der Waals surface area (Å²) in [6.07, 6.45) is 0. The Kier molecular flexibility index (Phi) is 6.30. The Morgan fingerprint density at radius 1 is 0.667 bits per heavy atom. The van der Waals surface area contributed by atoms with E-state index < -0.39 is 21.8 Å². The zero-order chi connectivity index (χ0) is 23.4. The van der Waals surface area contributed by atoms with E-state index in [1.54, 1.807) is 24.3 Å². The van der Waals surface area contributed by atoms with Gasteiger partial charge >= 0.3 is 0 Å². The van der Waals surface area contributed by atoms with E-state index in [2.05, 4.69) is 15.6 Å². The molecule has 0 radical (unpaired) electrons. The van der Waals surface area contributed by atoms with Crippen LogP contribution in [0.3, 0.4) is 0 Å². The number of benzene rings is 4. The van der Waals surface area contributed by atoms with Gasteiger partial charge in [0.25, 0.3) is 21.8 Å². The zero-order valence-corrected chi connectivity index (χ0v) is 18.7. The molecule has 9 heteroatoms. The molecule has 7 nitrogen and oxygen atoms in total. The molecule has 0 aromatic heterocycles. The summed E-state index contributed by atoms with van der Waals surface area (Å²) in [6, 6.07) is 24.4. The van der Waals surface area contributed by atoms with Crippen molar-refractivity contribution in [3.8, 4) is 0 Å². The Balaban J connectivity index is 1.44. The highest BCUT2D eigenvalue weighted by atomic mass is 35.5. The Bertz CT molecular complexity index is 1450. The third kappa shape index (κ3) is 5.31. The Labute approximate surface area is 195 Å².